The molecular formula is C24H18ClNO3S. The number of thioether (sulfide) groups is 1. The molecule has 3 aromatic carbocycles. The van der Waals surface area contributed by atoms with Crippen molar-refractivity contribution in [1.82, 2.24) is 0 Å². The highest BCUT2D eigenvalue weighted by Gasteiger charge is 2.41. The van der Waals surface area contributed by atoms with E-state index >= 15 is 0 Å². The van der Waals surface area contributed by atoms with Crippen LogP contribution in [0.4, 0.5) is 5.69 Å². The predicted octanol–water partition coefficient (Wildman–Crippen LogP) is 5.73. The van der Waals surface area contributed by atoms with E-state index in [4.69, 9.17) is 16.3 Å². The van der Waals surface area contributed by atoms with Crippen molar-refractivity contribution < 1.29 is 14.3 Å². The molecule has 1 aliphatic rings. The molecule has 6 heteroatoms. The number of ether oxygens (including phenoxy) is 1. The van der Waals surface area contributed by atoms with Crippen LogP contribution in [0, 0.1) is 6.92 Å². The molecule has 0 saturated heterocycles. The highest BCUT2D eigenvalue weighted by molar-refractivity contribution is 8.04. The molecule has 0 aliphatic carbocycles. The lowest BCUT2D eigenvalue weighted by atomic mass is 10.0. The number of nitrogens with zero attached hydrogens (tertiary/aromatic N) is 1. The number of methoxy groups -OCH3 is 1. The summed E-state index contributed by atoms with van der Waals surface area (Å²) in [6.07, 6.45) is 0. The fourth-order valence-corrected chi connectivity index (χ4v) is 4.43. The third-order valence-electron chi connectivity index (χ3n) is 4.71. The lowest BCUT2D eigenvalue weighted by molar-refractivity contribution is -0.119. The number of hydrogen-bond donors (Lipinski definition) is 0. The Labute approximate surface area is 184 Å². The van der Waals surface area contributed by atoms with E-state index in [1.54, 1.807) is 37.4 Å². The molecule has 4 rings (SSSR count). The van der Waals surface area contributed by atoms with Gasteiger partial charge in [-0.25, -0.2) is 4.90 Å². The van der Waals surface area contributed by atoms with Crippen molar-refractivity contribution in [3.05, 3.63) is 93.9 Å². The van der Waals surface area contributed by atoms with Crippen LogP contribution < -0.4 is 9.64 Å². The van der Waals surface area contributed by atoms with Crippen molar-refractivity contribution in [3.8, 4) is 5.75 Å². The minimum absolute atomic E-state index is 0.332. The molecule has 0 N–H and O–H groups in total. The minimum atomic E-state index is -0.369. The number of amides is 2. The van der Waals surface area contributed by atoms with E-state index in [2.05, 4.69) is 0 Å². The van der Waals surface area contributed by atoms with E-state index in [1.807, 2.05) is 49.4 Å². The molecule has 150 valence electrons. The summed E-state index contributed by atoms with van der Waals surface area (Å²) in [6.45, 7) is 1.92. The summed E-state index contributed by atoms with van der Waals surface area (Å²) >= 11 is 7.25. The molecule has 0 radical (unpaired) electrons. The van der Waals surface area contributed by atoms with E-state index in [0.29, 0.717) is 32.5 Å². The number of rotatable bonds is 5. The summed E-state index contributed by atoms with van der Waals surface area (Å²) in [6, 6.07) is 21.7. The van der Waals surface area contributed by atoms with Crippen molar-refractivity contribution in [2.24, 2.45) is 0 Å². The van der Waals surface area contributed by atoms with Gasteiger partial charge in [0.25, 0.3) is 11.8 Å². The zero-order valence-electron chi connectivity index (χ0n) is 16.4. The summed E-state index contributed by atoms with van der Waals surface area (Å²) in [5, 5.41) is 0.605. The Bertz CT molecular complexity index is 1170. The number of imide groups is 1. The molecule has 0 saturated carbocycles. The number of anilines is 1. The van der Waals surface area contributed by atoms with E-state index in [1.165, 1.54) is 16.7 Å². The highest BCUT2D eigenvalue weighted by Crippen LogP contribution is 2.43. The van der Waals surface area contributed by atoms with E-state index in [0.717, 1.165) is 10.5 Å². The average Bonchev–Trinajstić information content (AvgIpc) is 2.99. The largest absolute Gasteiger partial charge is 0.496 e. The van der Waals surface area contributed by atoms with Crippen molar-refractivity contribution in [2.45, 2.75) is 11.8 Å². The van der Waals surface area contributed by atoms with Gasteiger partial charge in [-0.3, -0.25) is 9.59 Å². The van der Waals surface area contributed by atoms with Crippen molar-refractivity contribution in [1.29, 1.82) is 0 Å². The maximum atomic E-state index is 13.5. The van der Waals surface area contributed by atoms with Gasteiger partial charge < -0.3 is 4.74 Å². The second-order valence-corrected chi connectivity index (χ2v) is 8.27. The topological polar surface area (TPSA) is 46.6 Å². The number of hydrogen-bond acceptors (Lipinski definition) is 4. The summed E-state index contributed by atoms with van der Waals surface area (Å²) < 4.78 is 5.47. The summed E-state index contributed by atoms with van der Waals surface area (Å²) in [5.74, 6) is -0.188. The third kappa shape index (κ3) is 3.74. The van der Waals surface area contributed by atoms with Crippen LogP contribution in [0.25, 0.3) is 5.57 Å². The first kappa shape index (κ1) is 20.3. The van der Waals surface area contributed by atoms with Gasteiger partial charge in [0.05, 0.1) is 23.3 Å². The maximum Gasteiger partial charge on any atom is 0.272 e. The second-order valence-electron chi connectivity index (χ2n) is 6.75. The Morgan fingerprint density at radius 3 is 2.33 bits per heavy atom. The highest BCUT2D eigenvalue weighted by atomic mass is 35.5. The van der Waals surface area contributed by atoms with Gasteiger partial charge in [-0.1, -0.05) is 53.7 Å². The van der Waals surface area contributed by atoms with Crippen LogP contribution in [0.1, 0.15) is 11.1 Å². The van der Waals surface area contributed by atoms with Crippen LogP contribution in [0.5, 0.6) is 5.75 Å². The maximum absolute atomic E-state index is 13.5. The Morgan fingerprint density at radius 2 is 1.63 bits per heavy atom. The Morgan fingerprint density at radius 1 is 0.900 bits per heavy atom. The summed E-state index contributed by atoms with van der Waals surface area (Å²) in [5.41, 5.74) is 2.43. The van der Waals surface area contributed by atoms with Crippen LogP contribution in [-0.4, -0.2) is 18.9 Å². The number of carbonyl (C=O) groups excluding carboxylic acids is 2. The minimum Gasteiger partial charge on any atom is -0.496 e. The number of benzene rings is 3. The number of para-hydroxylation sites is 1. The summed E-state index contributed by atoms with van der Waals surface area (Å²) in [4.78, 5) is 29.3. The molecular weight excluding hydrogens is 418 g/mol. The van der Waals surface area contributed by atoms with E-state index < -0.39 is 0 Å². The third-order valence-corrected chi connectivity index (χ3v) is 6.05. The molecule has 3 aromatic rings. The Kier molecular flexibility index (Phi) is 5.66. The quantitative estimate of drug-likeness (QED) is 0.480. The lowest BCUT2D eigenvalue weighted by Gasteiger charge is -2.16. The van der Waals surface area contributed by atoms with E-state index in [-0.39, 0.29) is 11.8 Å². The molecule has 0 unspecified atom stereocenters. The van der Waals surface area contributed by atoms with Gasteiger partial charge in [0, 0.05) is 15.5 Å². The van der Waals surface area contributed by atoms with Gasteiger partial charge in [0.1, 0.15) is 5.75 Å². The van der Waals surface area contributed by atoms with Gasteiger partial charge in [0.15, 0.2) is 0 Å². The van der Waals surface area contributed by atoms with Crippen LogP contribution in [0.15, 0.2) is 82.6 Å². The smallest absolute Gasteiger partial charge is 0.272 e. The molecule has 1 aliphatic heterocycles. The fourth-order valence-electron chi connectivity index (χ4n) is 3.32. The second kappa shape index (κ2) is 8.38. The molecule has 30 heavy (non-hydrogen) atoms. The first-order valence-electron chi connectivity index (χ1n) is 9.26. The number of halogens is 1. The molecule has 1 heterocycles. The van der Waals surface area contributed by atoms with Crippen molar-refractivity contribution in [2.75, 3.05) is 12.0 Å². The first-order chi connectivity index (χ1) is 14.5. The molecule has 0 atom stereocenters. The normalized spacial score (nSPS) is 13.9. The molecule has 0 aromatic heterocycles. The van der Waals surface area contributed by atoms with Crippen LogP contribution in [0.3, 0.4) is 0 Å². The van der Waals surface area contributed by atoms with Crippen LogP contribution >= 0.6 is 23.4 Å². The van der Waals surface area contributed by atoms with Crippen molar-refractivity contribution >= 4 is 46.4 Å². The summed E-state index contributed by atoms with van der Waals surface area (Å²) in [7, 11) is 1.55. The fraction of sp³-hybridized carbons (Fsp3) is 0.0833. The average molecular weight is 436 g/mol. The van der Waals surface area contributed by atoms with Crippen LogP contribution in [0.2, 0.25) is 5.02 Å². The first-order valence-corrected chi connectivity index (χ1v) is 10.5. The number of aryl methyl sites for hydroxylation is 1. The molecule has 0 fully saturated rings. The monoisotopic (exact) mass is 435 g/mol. The van der Waals surface area contributed by atoms with Gasteiger partial charge in [-0.05, 0) is 55.0 Å². The van der Waals surface area contributed by atoms with Gasteiger partial charge in [-0.15, -0.1) is 0 Å². The van der Waals surface area contributed by atoms with Gasteiger partial charge >= 0.3 is 0 Å². The molecule has 4 nitrogen and oxygen atoms in total. The molecule has 0 bridgehead atoms. The van der Waals surface area contributed by atoms with Gasteiger partial charge in [0.2, 0.25) is 0 Å². The molecule has 0 spiro atoms. The zero-order chi connectivity index (χ0) is 21.3. The number of carbonyl (C=O) groups is 2. The Hall–Kier alpha value is -3.02. The van der Waals surface area contributed by atoms with Gasteiger partial charge in [-0.2, -0.15) is 0 Å². The van der Waals surface area contributed by atoms with Crippen LogP contribution in [-0.2, 0) is 9.59 Å². The predicted molar refractivity (Wildman–Crippen MR) is 121 cm³/mol. The standard InChI is InChI=1S/C24H18ClNO3S/c1-15-6-5-7-17(14-15)26-23(27)21(19-8-3-4-9-20(19)29-2)22(24(26)28)30-18-12-10-16(25)11-13-18/h3-14H,1-2H3. The Balaban J connectivity index is 1.86. The molecule has 2 amide bonds. The lowest BCUT2D eigenvalue weighted by Crippen LogP contribution is -2.31. The SMILES string of the molecule is COc1ccccc1C1=C(Sc2ccc(Cl)cc2)C(=O)N(c2cccc(C)c2)C1=O. The van der Waals surface area contributed by atoms with Crippen molar-refractivity contribution in [3.63, 3.8) is 0 Å². The van der Waals surface area contributed by atoms with E-state index in [9.17, 15) is 9.59 Å². The zero-order valence-corrected chi connectivity index (χ0v) is 18.0.